The number of phenols is 2. The van der Waals surface area contributed by atoms with E-state index >= 15 is 0 Å². The number of para-hydroxylation sites is 1. The van der Waals surface area contributed by atoms with Crippen molar-refractivity contribution in [3.05, 3.63) is 42.5 Å². The number of aromatic hydroxyl groups is 2. The molecule has 0 atom stereocenters. The van der Waals surface area contributed by atoms with E-state index in [4.69, 9.17) is 0 Å². The van der Waals surface area contributed by atoms with Gasteiger partial charge in [0.05, 0.1) is 0 Å². The van der Waals surface area contributed by atoms with Crippen LogP contribution in [-0.2, 0) is 4.57 Å². The van der Waals surface area contributed by atoms with E-state index in [0.717, 1.165) is 5.56 Å². The molecule has 0 aliphatic carbocycles. The molecule has 2 aromatic carbocycles. The van der Waals surface area contributed by atoms with Crippen molar-refractivity contribution in [2.45, 2.75) is 0 Å². The molecular formula is C12H9O3P. The molecule has 0 fully saturated rings. The van der Waals surface area contributed by atoms with E-state index in [1.807, 2.05) is 0 Å². The van der Waals surface area contributed by atoms with E-state index in [1.165, 1.54) is 6.07 Å². The Hall–Kier alpha value is -1.86. The van der Waals surface area contributed by atoms with Crippen molar-refractivity contribution in [2.75, 3.05) is 0 Å². The molecule has 0 radical (unpaired) electrons. The third-order valence-electron chi connectivity index (χ3n) is 2.30. The maximum absolute atomic E-state index is 10.6. The van der Waals surface area contributed by atoms with Gasteiger partial charge < -0.3 is 10.2 Å². The van der Waals surface area contributed by atoms with Crippen molar-refractivity contribution in [2.24, 2.45) is 0 Å². The number of phenolic OH excluding ortho intramolecular Hbond substituents is 2. The van der Waals surface area contributed by atoms with Gasteiger partial charge in [0.1, 0.15) is 0 Å². The van der Waals surface area contributed by atoms with Crippen molar-refractivity contribution in [1.29, 1.82) is 0 Å². The first-order valence-electron chi connectivity index (χ1n) is 4.67. The summed E-state index contributed by atoms with van der Waals surface area (Å²) in [5.74, 6) is -0.293. The maximum atomic E-state index is 10.6. The lowest BCUT2D eigenvalue weighted by Gasteiger charge is -2.05. The first kappa shape index (κ1) is 10.7. The first-order valence-corrected chi connectivity index (χ1v) is 5.48. The maximum Gasteiger partial charge on any atom is 0.192 e. The van der Waals surface area contributed by atoms with Gasteiger partial charge in [0, 0.05) is 10.9 Å². The lowest BCUT2D eigenvalue weighted by Crippen LogP contribution is -1.89. The van der Waals surface area contributed by atoms with Crippen LogP contribution in [0.5, 0.6) is 11.5 Å². The number of benzene rings is 2. The van der Waals surface area contributed by atoms with E-state index in [9.17, 15) is 14.8 Å². The Kier molecular flexibility index (Phi) is 2.88. The van der Waals surface area contributed by atoms with Gasteiger partial charge in [-0.05, 0) is 23.8 Å². The Morgan fingerprint density at radius 3 is 2.25 bits per heavy atom. The molecule has 16 heavy (non-hydrogen) atoms. The lowest BCUT2D eigenvalue weighted by atomic mass is 10.0. The highest BCUT2D eigenvalue weighted by molar-refractivity contribution is 7.34. The van der Waals surface area contributed by atoms with Crippen LogP contribution in [0.4, 0.5) is 0 Å². The Morgan fingerprint density at radius 2 is 1.62 bits per heavy atom. The zero-order valence-electron chi connectivity index (χ0n) is 8.29. The summed E-state index contributed by atoms with van der Waals surface area (Å²) in [5.41, 5.74) is 1.31. The summed E-state index contributed by atoms with van der Waals surface area (Å²) in [4.78, 5) is 0. The summed E-state index contributed by atoms with van der Waals surface area (Å²) >= 11 is 0. The predicted octanol–water partition coefficient (Wildman–Crippen LogP) is 2.68. The predicted molar refractivity (Wildman–Crippen MR) is 62.4 cm³/mol. The molecule has 2 N–H and O–H groups in total. The van der Waals surface area contributed by atoms with E-state index in [1.54, 1.807) is 36.4 Å². The van der Waals surface area contributed by atoms with Gasteiger partial charge >= 0.3 is 0 Å². The van der Waals surface area contributed by atoms with Gasteiger partial charge in [-0.2, -0.15) is 0 Å². The van der Waals surface area contributed by atoms with Crippen molar-refractivity contribution in [1.82, 2.24) is 0 Å². The molecule has 80 valence electrons. The Bertz CT molecular complexity index is 520. The largest absolute Gasteiger partial charge is 0.504 e. The van der Waals surface area contributed by atoms with Gasteiger partial charge in [-0.3, -0.25) is 4.57 Å². The highest BCUT2D eigenvalue weighted by atomic mass is 31.1. The second-order valence-corrected chi connectivity index (χ2v) is 4.01. The molecule has 0 bridgehead atoms. The van der Waals surface area contributed by atoms with Gasteiger partial charge in [0.2, 0.25) is 0 Å². The molecule has 0 aromatic heterocycles. The quantitative estimate of drug-likeness (QED) is 0.618. The molecule has 0 aliphatic rings. The monoisotopic (exact) mass is 232 g/mol. The van der Waals surface area contributed by atoms with E-state index in [0.29, 0.717) is 10.9 Å². The van der Waals surface area contributed by atoms with Gasteiger partial charge in [0.15, 0.2) is 20.0 Å². The highest BCUT2D eigenvalue weighted by Gasteiger charge is 2.07. The lowest BCUT2D eigenvalue weighted by molar-refractivity contribution is 0.405. The van der Waals surface area contributed by atoms with Gasteiger partial charge in [-0.25, -0.2) is 0 Å². The van der Waals surface area contributed by atoms with Crippen LogP contribution in [0.25, 0.3) is 11.1 Å². The van der Waals surface area contributed by atoms with Gasteiger partial charge in [0.25, 0.3) is 0 Å². The third kappa shape index (κ3) is 1.90. The van der Waals surface area contributed by atoms with Crippen LogP contribution in [0.1, 0.15) is 0 Å². The van der Waals surface area contributed by atoms with Crippen LogP contribution in [-0.4, -0.2) is 10.2 Å². The standard InChI is InChI=1S/C12H9O3P/c13-11-3-1-2-10(12(11)14)8-4-6-9(16-15)7-5-8/h1-7,13-14H. The number of hydrogen-bond acceptors (Lipinski definition) is 3. The van der Waals surface area contributed by atoms with Crippen LogP contribution in [0.3, 0.4) is 0 Å². The number of rotatable bonds is 2. The fraction of sp³-hybridized carbons (Fsp3) is 0. The molecule has 4 heteroatoms. The summed E-state index contributed by atoms with van der Waals surface area (Å²) in [6.45, 7) is 0. The topological polar surface area (TPSA) is 57.5 Å². The van der Waals surface area contributed by atoms with E-state index < -0.39 is 0 Å². The number of hydrogen-bond donors (Lipinski definition) is 2. The third-order valence-corrected chi connectivity index (χ3v) is 2.81. The molecule has 0 amide bonds. The summed E-state index contributed by atoms with van der Waals surface area (Å²) in [5, 5.41) is 19.7. The van der Waals surface area contributed by atoms with Gasteiger partial charge in [-0.1, -0.05) is 24.3 Å². The minimum atomic E-state index is -0.150. The van der Waals surface area contributed by atoms with Crippen LogP contribution in [0, 0.1) is 0 Å². The first-order chi connectivity index (χ1) is 7.72. The van der Waals surface area contributed by atoms with Crippen LogP contribution in [0.2, 0.25) is 0 Å². The summed E-state index contributed by atoms with van der Waals surface area (Å²) < 4.78 is 10.6. The Labute approximate surface area is 94.2 Å². The molecular weight excluding hydrogens is 223 g/mol. The molecule has 0 heterocycles. The average Bonchev–Trinajstić information content (AvgIpc) is 2.33. The molecule has 3 nitrogen and oxygen atoms in total. The van der Waals surface area contributed by atoms with Crippen molar-refractivity contribution in [3.8, 4) is 22.6 Å². The summed E-state index contributed by atoms with van der Waals surface area (Å²) in [6.07, 6.45) is 0. The average molecular weight is 232 g/mol. The molecule has 0 saturated heterocycles. The fourth-order valence-electron chi connectivity index (χ4n) is 1.47. The van der Waals surface area contributed by atoms with Crippen molar-refractivity contribution >= 4 is 13.8 Å². The van der Waals surface area contributed by atoms with E-state index in [-0.39, 0.29) is 20.0 Å². The minimum Gasteiger partial charge on any atom is -0.504 e. The second kappa shape index (κ2) is 4.33. The minimum absolute atomic E-state index is 0.0324. The Balaban J connectivity index is 2.50. The van der Waals surface area contributed by atoms with Crippen molar-refractivity contribution in [3.63, 3.8) is 0 Å². The molecule has 2 aromatic rings. The van der Waals surface area contributed by atoms with Gasteiger partial charge in [-0.15, -0.1) is 0 Å². The Morgan fingerprint density at radius 1 is 0.938 bits per heavy atom. The zero-order valence-corrected chi connectivity index (χ0v) is 9.19. The second-order valence-electron chi connectivity index (χ2n) is 3.31. The molecule has 0 unspecified atom stereocenters. The van der Waals surface area contributed by atoms with E-state index in [2.05, 4.69) is 0 Å². The van der Waals surface area contributed by atoms with Crippen LogP contribution < -0.4 is 5.30 Å². The normalized spacial score (nSPS) is 10.5. The molecule has 0 saturated carbocycles. The smallest absolute Gasteiger partial charge is 0.192 e. The fourth-order valence-corrected chi connectivity index (χ4v) is 1.74. The summed E-state index contributed by atoms with van der Waals surface area (Å²) in [7, 11) is -0.0324. The molecule has 2 rings (SSSR count). The summed E-state index contributed by atoms with van der Waals surface area (Å²) in [6, 6.07) is 11.7. The zero-order chi connectivity index (χ0) is 11.5. The molecule has 0 spiro atoms. The van der Waals surface area contributed by atoms with Crippen LogP contribution >= 0.6 is 8.46 Å². The molecule has 0 aliphatic heterocycles. The van der Waals surface area contributed by atoms with Crippen LogP contribution in [0.15, 0.2) is 42.5 Å². The van der Waals surface area contributed by atoms with Crippen molar-refractivity contribution < 1.29 is 14.8 Å². The SMILES string of the molecule is O=Pc1ccc(-c2cccc(O)c2O)cc1. The highest BCUT2D eigenvalue weighted by Crippen LogP contribution is 2.35.